The summed E-state index contributed by atoms with van der Waals surface area (Å²) in [5.41, 5.74) is 3.62. The summed E-state index contributed by atoms with van der Waals surface area (Å²) in [7, 11) is 4.37. The first-order valence-corrected chi connectivity index (χ1v) is 8.41. The van der Waals surface area contributed by atoms with Crippen molar-refractivity contribution >= 4 is 23.0 Å². The van der Waals surface area contributed by atoms with Crippen LogP contribution in [0.3, 0.4) is 0 Å². The number of nitrogens with one attached hydrogen (secondary N) is 3. The maximum Gasteiger partial charge on any atom is 0.170 e. The van der Waals surface area contributed by atoms with Crippen LogP contribution in [-0.4, -0.2) is 31.8 Å². The number of hydrogen-bond donors (Lipinski definition) is 3. The predicted molar refractivity (Wildman–Crippen MR) is 102 cm³/mol. The smallest absolute Gasteiger partial charge is 0.170 e. The van der Waals surface area contributed by atoms with Crippen molar-refractivity contribution in [3.8, 4) is 0 Å². The summed E-state index contributed by atoms with van der Waals surface area (Å²) in [5, 5.41) is 7.26. The van der Waals surface area contributed by atoms with Crippen LogP contribution in [0.4, 0.5) is 5.69 Å². The van der Waals surface area contributed by atoms with Gasteiger partial charge in [0.15, 0.2) is 5.11 Å². The Kier molecular flexibility index (Phi) is 6.56. The normalized spacial score (nSPS) is 12.0. The van der Waals surface area contributed by atoms with Crippen LogP contribution in [-0.2, 0) is 6.42 Å². The standard InChI is InChI=1S/C19H25N3S/c1-15-9-11-17(12-10-15)21-19(23)20-14-18(22(2)3)13-16-7-5-4-6-8-16/h4-12,18H,13-14H2,1-3H3,(H2,20,21,23)/p+1/t18-/m1/s1. The first kappa shape index (κ1) is 17.4. The molecular formula is C19H26N3S+. The number of thiocarbonyl (C=S) groups is 1. The average Bonchev–Trinajstić information content (AvgIpc) is 2.54. The summed E-state index contributed by atoms with van der Waals surface area (Å²) in [5.74, 6) is 0. The number of quaternary nitrogens is 1. The molecule has 0 radical (unpaired) electrons. The van der Waals surface area contributed by atoms with Gasteiger partial charge in [-0.1, -0.05) is 48.0 Å². The van der Waals surface area contributed by atoms with Crippen molar-refractivity contribution in [1.82, 2.24) is 5.32 Å². The van der Waals surface area contributed by atoms with E-state index in [1.165, 1.54) is 16.0 Å². The Labute approximate surface area is 144 Å². The van der Waals surface area contributed by atoms with Crippen LogP contribution in [0.25, 0.3) is 0 Å². The second kappa shape index (κ2) is 8.65. The van der Waals surface area contributed by atoms with Crippen molar-refractivity contribution in [2.45, 2.75) is 19.4 Å². The second-order valence-electron chi connectivity index (χ2n) is 6.17. The molecule has 0 saturated heterocycles. The van der Waals surface area contributed by atoms with Gasteiger partial charge in [0.1, 0.15) is 6.04 Å². The van der Waals surface area contributed by atoms with Crippen LogP contribution in [0.1, 0.15) is 11.1 Å². The van der Waals surface area contributed by atoms with Gasteiger partial charge in [-0.3, -0.25) is 0 Å². The first-order valence-electron chi connectivity index (χ1n) is 8.00. The molecule has 0 saturated carbocycles. The summed E-state index contributed by atoms with van der Waals surface area (Å²) in [4.78, 5) is 1.42. The number of aryl methyl sites for hydroxylation is 1. The van der Waals surface area contributed by atoms with Gasteiger partial charge >= 0.3 is 0 Å². The zero-order chi connectivity index (χ0) is 16.7. The third-order valence-electron chi connectivity index (χ3n) is 3.96. The number of rotatable bonds is 6. The highest BCUT2D eigenvalue weighted by Gasteiger charge is 2.16. The fourth-order valence-corrected chi connectivity index (χ4v) is 2.61. The van der Waals surface area contributed by atoms with E-state index in [4.69, 9.17) is 12.2 Å². The molecule has 3 N–H and O–H groups in total. The molecular weight excluding hydrogens is 302 g/mol. The van der Waals surface area contributed by atoms with Gasteiger partial charge in [0, 0.05) is 12.1 Å². The van der Waals surface area contributed by atoms with Crippen molar-refractivity contribution in [2.75, 3.05) is 26.0 Å². The molecule has 0 aliphatic carbocycles. The number of anilines is 1. The molecule has 2 rings (SSSR count). The van der Waals surface area contributed by atoms with Gasteiger partial charge in [-0.05, 0) is 36.8 Å². The maximum absolute atomic E-state index is 5.41. The Morgan fingerprint density at radius 3 is 2.30 bits per heavy atom. The van der Waals surface area contributed by atoms with E-state index in [-0.39, 0.29) is 0 Å². The molecule has 0 heterocycles. The largest absolute Gasteiger partial charge is 0.356 e. The van der Waals surface area contributed by atoms with E-state index in [9.17, 15) is 0 Å². The Bertz CT molecular complexity index is 608. The Hall–Kier alpha value is -1.91. The van der Waals surface area contributed by atoms with Gasteiger partial charge in [0.25, 0.3) is 0 Å². The van der Waals surface area contributed by atoms with E-state index in [1.54, 1.807) is 0 Å². The maximum atomic E-state index is 5.41. The zero-order valence-corrected chi connectivity index (χ0v) is 14.9. The van der Waals surface area contributed by atoms with Gasteiger partial charge in [-0.15, -0.1) is 0 Å². The molecule has 122 valence electrons. The van der Waals surface area contributed by atoms with E-state index >= 15 is 0 Å². The predicted octanol–water partition coefficient (Wildman–Crippen LogP) is 2.04. The van der Waals surface area contributed by atoms with Crippen molar-refractivity contribution in [2.24, 2.45) is 0 Å². The minimum atomic E-state index is 0.468. The molecule has 0 amide bonds. The summed E-state index contributed by atoms with van der Waals surface area (Å²) in [6.45, 7) is 2.92. The monoisotopic (exact) mass is 328 g/mol. The Morgan fingerprint density at radius 2 is 1.70 bits per heavy atom. The van der Waals surface area contributed by atoms with Gasteiger partial charge < -0.3 is 15.5 Å². The van der Waals surface area contributed by atoms with Crippen molar-refractivity contribution < 1.29 is 4.90 Å². The third-order valence-corrected chi connectivity index (χ3v) is 4.21. The molecule has 4 heteroatoms. The van der Waals surface area contributed by atoms with E-state index in [0.29, 0.717) is 11.2 Å². The molecule has 3 nitrogen and oxygen atoms in total. The van der Waals surface area contributed by atoms with Crippen LogP contribution in [0.2, 0.25) is 0 Å². The van der Waals surface area contributed by atoms with E-state index in [1.807, 2.05) is 12.1 Å². The van der Waals surface area contributed by atoms with Crippen LogP contribution in [0, 0.1) is 6.92 Å². The molecule has 1 atom stereocenters. The lowest BCUT2D eigenvalue weighted by atomic mass is 10.1. The first-order chi connectivity index (χ1) is 11.0. The van der Waals surface area contributed by atoms with Crippen LogP contribution in [0.5, 0.6) is 0 Å². The molecule has 0 fully saturated rings. The Balaban J connectivity index is 1.85. The quantitative estimate of drug-likeness (QED) is 0.709. The molecule has 0 aliphatic heterocycles. The zero-order valence-electron chi connectivity index (χ0n) is 14.1. The van der Waals surface area contributed by atoms with Crippen LogP contribution < -0.4 is 15.5 Å². The van der Waals surface area contributed by atoms with Gasteiger partial charge in [-0.25, -0.2) is 0 Å². The highest BCUT2D eigenvalue weighted by atomic mass is 32.1. The van der Waals surface area contributed by atoms with Gasteiger partial charge in [0.05, 0.1) is 20.6 Å². The van der Waals surface area contributed by atoms with Crippen molar-refractivity contribution in [1.29, 1.82) is 0 Å². The summed E-state index contributed by atoms with van der Waals surface area (Å²) in [6, 6.07) is 19.3. The summed E-state index contributed by atoms with van der Waals surface area (Å²) in [6.07, 6.45) is 1.03. The minimum Gasteiger partial charge on any atom is -0.356 e. The van der Waals surface area contributed by atoms with E-state index < -0.39 is 0 Å². The SMILES string of the molecule is Cc1ccc(NC(=S)NC[C@@H](Cc2ccccc2)[NH+](C)C)cc1. The number of likely N-dealkylation sites (N-methyl/N-ethyl adjacent to an activating group) is 1. The minimum absolute atomic E-state index is 0.468. The fraction of sp³-hybridized carbons (Fsp3) is 0.316. The molecule has 2 aromatic carbocycles. The molecule has 0 unspecified atom stereocenters. The number of benzene rings is 2. The summed E-state index contributed by atoms with van der Waals surface area (Å²) < 4.78 is 0. The molecule has 0 aliphatic rings. The highest BCUT2D eigenvalue weighted by Crippen LogP contribution is 2.08. The lowest BCUT2D eigenvalue weighted by Crippen LogP contribution is -3.11. The molecule has 0 bridgehead atoms. The number of hydrogen-bond acceptors (Lipinski definition) is 1. The fourth-order valence-electron chi connectivity index (χ4n) is 2.41. The van der Waals surface area contributed by atoms with E-state index in [2.05, 4.69) is 74.1 Å². The Morgan fingerprint density at radius 1 is 1.04 bits per heavy atom. The molecule has 2 aromatic rings. The van der Waals surface area contributed by atoms with Crippen LogP contribution in [0.15, 0.2) is 54.6 Å². The summed E-state index contributed by atoms with van der Waals surface area (Å²) >= 11 is 5.41. The highest BCUT2D eigenvalue weighted by molar-refractivity contribution is 7.80. The van der Waals surface area contributed by atoms with Crippen LogP contribution >= 0.6 is 12.2 Å². The molecule has 0 spiro atoms. The lowest BCUT2D eigenvalue weighted by molar-refractivity contribution is -0.884. The molecule has 23 heavy (non-hydrogen) atoms. The van der Waals surface area contributed by atoms with Crippen molar-refractivity contribution in [3.05, 3.63) is 65.7 Å². The van der Waals surface area contributed by atoms with Gasteiger partial charge in [0.2, 0.25) is 0 Å². The van der Waals surface area contributed by atoms with E-state index in [0.717, 1.165) is 18.7 Å². The lowest BCUT2D eigenvalue weighted by Gasteiger charge is -2.23. The topological polar surface area (TPSA) is 28.5 Å². The third kappa shape index (κ3) is 6.00. The molecule has 0 aromatic heterocycles. The van der Waals surface area contributed by atoms with Gasteiger partial charge in [-0.2, -0.15) is 0 Å². The second-order valence-corrected chi connectivity index (χ2v) is 6.57. The van der Waals surface area contributed by atoms with Crippen molar-refractivity contribution in [3.63, 3.8) is 0 Å². The average molecular weight is 329 g/mol.